The lowest BCUT2D eigenvalue weighted by Gasteiger charge is -2.08. The maximum absolute atomic E-state index is 11.7. The first-order valence-corrected chi connectivity index (χ1v) is 7.48. The molecular formula is C16H20N4O3. The minimum Gasteiger partial charge on any atom is -0.352 e. The smallest absolute Gasteiger partial charge is 0.239 e. The van der Waals surface area contributed by atoms with Crippen LogP contribution in [-0.4, -0.2) is 34.5 Å². The Hall–Kier alpha value is -2.70. The Labute approximate surface area is 134 Å². The standard InChI is InChI=1S/C16H20N4O3/c1-11(2)18-14(22)10-17-13(21)8-9-15-19-16(20-23-15)12-6-4-3-5-7-12/h3-7,11H,8-10H2,1-2H3,(H,17,21)(H,18,22). The third-order valence-electron chi connectivity index (χ3n) is 2.96. The Morgan fingerprint density at radius 1 is 1.17 bits per heavy atom. The largest absolute Gasteiger partial charge is 0.352 e. The topological polar surface area (TPSA) is 97.1 Å². The summed E-state index contributed by atoms with van der Waals surface area (Å²) in [7, 11) is 0. The summed E-state index contributed by atoms with van der Waals surface area (Å²) in [6, 6.07) is 9.50. The Bertz CT molecular complexity index is 652. The van der Waals surface area contributed by atoms with Crippen molar-refractivity contribution in [2.45, 2.75) is 32.7 Å². The fraction of sp³-hybridized carbons (Fsp3) is 0.375. The molecule has 0 saturated carbocycles. The van der Waals surface area contributed by atoms with Crippen molar-refractivity contribution in [1.29, 1.82) is 0 Å². The van der Waals surface area contributed by atoms with Crippen LogP contribution >= 0.6 is 0 Å². The van der Waals surface area contributed by atoms with Crippen molar-refractivity contribution >= 4 is 11.8 Å². The summed E-state index contributed by atoms with van der Waals surface area (Å²) >= 11 is 0. The molecule has 1 aromatic carbocycles. The molecule has 0 aliphatic rings. The molecule has 0 unspecified atom stereocenters. The third-order valence-corrected chi connectivity index (χ3v) is 2.96. The highest BCUT2D eigenvalue weighted by atomic mass is 16.5. The zero-order chi connectivity index (χ0) is 16.7. The van der Waals surface area contributed by atoms with Gasteiger partial charge in [-0.1, -0.05) is 35.5 Å². The summed E-state index contributed by atoms with van der Waals surface area (Å²) in [4.78, 5) is 27.4. The number of aromatic nitrogens is 2. The van der Waals surface area contributed by atoms with E-state index >= 15 is 0 Å². The maximum Gasteiger partial charge on any atom is 0.239 e. The first-order chi connectivity index (χ1) is 11.0. The molecule has 0 radical (unpaired) electrons. The SMILES string of the molecule is CC(C)NC(=O)CNC(=O)CCc1nc(-c2ccccc2)no1. The molecule has 0 aliphatic heterocycles. The number of hydrogen-bond donors (Lipinski definition) is 2. The predicted molar refractivity (Wildman–Crippen MR) is 84.3 cm³/mol. The maximum atomic E-state index is 11.7. The molecule has 0 aliphatic carbocycles. The second kappa shape index (κ2) is 8.07. The van der Waals surface area contributed by atoms with E-state index in [2.05, 4.69) is 20.8 Å². The van der Waals surface area contributed by atoms with Crippen LogP contribution in [0.5, 0.6) is 0 Å². The van der Waals surface area contributed by atoms with Crippen molar-refractivity contribution in [3.63, 3.8) is 0 Å². The van der Waals surface area contributed by atoms with Gasteiger partial charge < -0.3 is 15.2 Å². The number of rotatable bonds is 7. The molecule has 0 atom stereocenters. The number of aryl methyl sites for hydroxylation is 1. The van der Waals surface area contributed by atoms with Gasteiger partial charge in [-0.05, 0) is 13.8 Å². The zero-order valence-electron chi connectivity index (χ0n) is 13.2. The number of benzene rings is 1. The van der Waals surface area contributed by atoms with Crippen LogP contribution in [0.3, 0.4) is 0 Å². The summed E-state index contributed by atoms with van der Waals surface area (Å²) in [6.45, 7) is 3.69. The highest BCUT2D eigenvalue weighted by molar-refractivity contribution is 5.84. The minimum absolute atomic E-state index is 0.0316. The molecule has 1 aromatic heterocycles. The van der Waals surface area contributed by atoms with E-state index in [1.807, 2.05) is 44.2 Å². The zero-order valence-corrected chi connectivity index (χ0v) is 13.2. The molecule has 7 nitrogen and oxygen atoms in total. The van der Waals surface area contributed by atoms with Crippen LogP contribution in [0.1, 0.15) is 26.2 Å². The molecule has 2 N–H and O–H groups in total. The van der Waals surface area contributed by atoms with E-state index in [1.165, 1.54) is 0 Å². The molecule has 0 fully saturated rings. The monoisotopic (exact) mass is 316 g/mol. The van der Waals surface area contributed by atoms with Gasteiger partial charge in [-0.25, -0.2) is 0 Å². The Kier molecular flexibility index (Phi) is 5.85. The van der Waals surface area contributed by atoms with Gasteiger partial charge in [0, 0.05) is 24.4 Å². The lowest BCUT2D eigenvalue weighted by Crippen LogP contribution is -2.39. The lowest BCUT2D eigenvalue weighted by atomic mass is 10.2. The van der Waals surface area contributed by atoms with E-state index in [1.54, 1.807) is 0 Å². The Morgan fingerprint density at radius 2 is 1.91 bits per heavy atom. The van der Waals surface area contributed by atoms with Gasteiger partial charge in [-0.15, -0.1) is 0 Å². The van der Waals surface area contributed by atoms with Crippen molar-refractivity contribution < 1.29 is 14.1 Å². The highest BCUT2D eigenvalue weighted by Crippen LogP contribution is 2.15. The van der Waals surface area contributed by atoms with E-state index in [-0.39, 0.29) is 30.8 Å². The van der Waals surface area contributed by atoms with Gasteiger partial charge in [-0.3, -0.25) is 9.59 Å². The fourth-order valence-corrected chi connectivity index (χ4v) is 1.92. The summed E-state index contributed by atoms with van der Waals surface area (Å²) in [5.41, 5.74) is 0.859. The van der Waals surface area contributed by atoms with Crippen molar-refractivity contribution in [3.8, 4) is 11.4 Å². The molecule has 2 aromatic rings. The summed E-state index contributed by atoms with van der Waals surface area (Å²) in [5.74, 6) is 0.448. The van der Waals surface area contributed by atoms with Crippen LogP contribution in [0.25, 0.3) is 11.4 Å². The van der Waals surface area contributed by atoms with Gasteiger partial charge in [0.05, 0.1) is 6.54 Å². The van der Waals surface area contributed by atoms with Crippen molar-refractivity contribution in [2.75, 3.05) is 6.54 Å². The van der Waals surface area contributed by atoms with E-state index in [0.29, 0.717) is 18.1 Å². The van der Waals surface area contributed by atoms with Crippen LogP contribution in [0.15, 0.2) is 34.9 Å². The number of hydrogen-bond acceptors (Lipinski definition) is 5. The summed E-state index contributed by atoms with van der Waals surface area (Å²) in [5, 5.41) is 9.14. The van der Waals surface area contributed by atoms with Gasteiger partial charge >= 0.3 is 0 Å². The van der Waals surface area contributed by atoms with Crippen molar-refractivity contribution in [1.82, 2.24) is 20.8 Å². The van der Waals surface area contributed by atoms with Crippen LogP contribution in [0.2, 0.25) is 0 Å². The Morgan fingerprint density at radius 3 is 2.61 bits per heavy atom. The molecule has 122 valence electrons. The second-order valence-electron chi connectivity index (χ2n) is 5.38. The molecular weight excluding hydrogens is 296 g/mol. The van der Waals surface area contributed by atoms with Gasteiger partial charge in [-0.2, -0.15) is 4.98 Å². The van der Waals surface area contributed by atoms with Crippen molar-refractivity contribution in [2.24, 2.45) is 0 Å². The van der Waals surface area contributed by atoms with Gasteiger partial charge in [0.2, 0.25) is 23.5 Å². The highest BCUT2D eigenvalue weighted by Gasteiger charge is 2.11. The van der Waals surface area contributed by atoms with Gasteiger partial charge in [0.1, 0.15) is 0 Å². The lowest BCUT2D eigenvalue weighted by molar-refractivity contribution is -0.126. The van der Waals surface area contributed by atoms with E-state index in [9.17, 15) is 9.59 Å². The fourth-order valence-electron chi connectivity index (χ4n) is 1.92. The third kappa shape index (κ3) is 5.54. The van der Waals surface area contributed by atoms with E-state index in [0.717, 1.165) is 5.56 Å². The quantitative estimate of drug-likeness (QED) is 0.802. The molecule has 2 rings (SSSR count). The number of carbonyl (C=O) groups is 2. The van der Waals surface area contributed by atoms with Crippen LogP contribution < -0.4 is 10.6 Å². The first kappa shape index (κ1) is 16.7. The molecule has 1 heterocycles. The minimum atomic E-state index is -0.233. The molecule has 0 saturated heterocycles. The molecule has 2 amide bonds. The van der Waals surface area contributed by atoms with Gasteiger partial charge in [0.25, 0.3) is 0 Å². The van der Waals surface area contributed by atoms with Crippen LogP contribution in [0, 0.1) is 0 Å². The number of amides is 2. The number of nitrogens with one attached hydrogen (secondary N) is 2. The normalized spacial score (nSPS) is 10.6. The van der Waals surface area contributed by atoms with E-state index < -0.39 is 0 Å². The average Bonchev–Trinajstić information content (AvgIpc) is 3.00. The first-order valence-electron chi connectivity index (χ1n) is 7.48. The summed E-state index contributed by atoms with van der Waals surface area (Å²) < 4.78 is 5.13. The number of nitrogens with zero attached hydrogens (tertiary/aromatic N) is 2. The Balaban J connectivity index is 1.77. The van der Waals surface area contributed by atoms with Crippen LogP contribution in [-0.2, 0) is 16.0 Å². The average molecular weight is 316 g/mol. The molecule has 0 bridgehead atoms. The van der Waals surface area contributed by atoms with Crippen LogP contribution in [0.4, 0.5) is 0 Å². The van der Waals surface area contributed by atoms with Gasteiger partial charge in [0.15, 0.2) is 0 Å². The van der Waals surface area contributed by atoms with E-state index in [4.69, 9.17) is 4.52 Å². The molecule has 23 heavy (non-hydrogen) atoms. The van der Waals surface area contributed by atoms with Crippen molar-refractivity contribution in [3.05, 3.63) is 36.2 Å². The number of carbonyl (C=O) groups excluding carboxylic acids is 2. The molecule has 0 spiro atoms. The predicted octanol–water partition coefficient (Wildman–Crippen LogP) is 1.31. The summed E-state index contributed by atoms with van der Waals surface area (Å²) in [6.07, 6.45) is 0.517. The molecule has 7 heteroatoms. The second-order valence-corrected chi connectivity index (χ2v) is 5.38.